The lowest BCUT2D eigenvalue weighted by Gasteiger charge is -2.07. The third-order valence-corrected chi connectivity index (χ3v) is 4.15. The number of nitrogen functional groups attached to an aromatic ring is 1. The quantitative estimate of drug-likeness (QED) is 0.832. The zero-order chi connectivity index (χ0) is 14.2. The molecule has 0 fully saturated rings. The summed E-state index contributed by atoms with van der Waals surface area (Å²) < 4.78 is 28.4. The first-order valence-corrected chi connectivity index (χ1v) is 7.17. The number of aromatic nitrogens is 2. The van der Waals surface area contributed by atoms with Gasteiger partial charge < -0.3 is 10.3 Å². The molecule has 7 heteroatoms. The fraction of sp³-hybridized carbons (Fsp3) is 0.250. The minimum Gasteiger partial charge on any atom is -0.398 e. The second kappa shape index (κ2) is 4.58. The molecule has 0 bridgehead atoms. The number of imidazole rings is 1. The van der Waals surface area contributed by atoms with Crippen LogP contribution in [0.4, 0.5) is 11.4 Å². The molecule has 0 saturated heterocycles. The molecule has 0 spiro atoms. The number of hydrogen-bond acceptors (Lipinski definition) is 4. The Bertz CT molecular complexity index is 700. The highest BCUT2D eigenvalue weighted by atomic mass is 32.2. The summed E-state index contributed by atoms with van der Waals surface area (Å²) in [6.07, 6.45) is 1.47. The summed E-state index contributed by atoms with van der Waals surface area (Å²) in [4.78, 5) is 4.00. The van der Waals surface area contributed by atoms with E-state index in [0.29, 0.717) is 17.2 Å². The van der Waals surface area contributed by atoms with Gasteiger partial charge in [-0.05, 0) is 31.5 Å². The first-order valence-electron chi connectivity index (χ1n) is 5.68. The number of aryl methyl sites for hydroxylation is 3. The van der Waals surface area contributed by atoms with Crippen LogP contribution in [0.25, 0.3) is 0 Å². The smallest absolute Gasteiger partial charge is 0.280 e. The van der Waals surface area contributed by atoms with Crippen LogP contribution < -0.4 is 10.5 Å². The molecule has 19 heavy (non-hydrogen) atoms. The molecule has 2 rings (SSSR count). The Morgan fingerprint density at radius 3 is 2.53 bits per heavy atom. The first kappa shape index (κ1) is 13.4. The molecular weight excluding hydrogens is 264 g/mol. The molecule has 0 aliphatic carbocycles. The number of sulfonamides is 1. The summed E-state index contributed by atoms with van der Waals surface area (Å²) in [5, 5.41) is -0.00773. The summed E-state index contributed by atoms with van der Waals surface area (Å²) in [7, 11) is -1.94. The minimum absolute atomic E-state index is 0.00773. The average molecular weight is 280 g/mol. The number of rotatable bonds is 3. The van der Waals surface area contributed by atoms with E-state index in [2.05, 4.69) is 9.71 Å². The van der Waals surface area contributed by atoms with Gasteiger partial charge in [0.15, 0.2) is 5.03 Å². The van der Waals surface area contributed by atoms with E-state index in [9.17, 15) is 8.42 Å². The largest absolute Gasteiger partial charge is 0.398 e. The van der Waals surface area contributed by atoms with Crippen LogP contribution in [0.2, 0.25) is 0 Å². The zero-order valence-electron chi connectivity index (χ0n) is 11.0. The van der Waals surface area contributed by atoms with E-state index < -0.39 is 10.0 Å². The van der Waals surface area contributed by atoms with Crippen molar-refractivity contribution in [1.29, 1.82) is 0 Å². The molecule has 1 heterocycles. The molecule has 1 aromatic heterocycles. The van der Waals surface area contributed by atoms with Crippen molar-refractivity contribution in [3.8, 4) is 0 Å². The van der Waals surface area contributed by atoms with E-state index in [1.54, 1.807) is 36.7 Å². The summed E-state index contributed by atoms with van der Waals surface area (Å²) in [6.45, 7) is 3.60. The highest BCUT2D eigenvalue weighted by Gasteiger charge is 2.18. The van der Waals surface area contributed by atoms with Gasteiger partial charge in [0.05, 0.1) is 5.69 Å². The van der Waals surface area contributed by atoms with Gasteiger partial charge in [-0.3, -0.25) is 4.72 Å². The molecule has 0 aliphatic heterocycles. The number of nitrogens with one attached hydrogen (secondary N) is 1. The van der Waals surface area contributed by atoms with Crippen molar-refractivity contribution in [2.24, 2.45) is 7.05 Å². The normalized spacial score (nSPS) is 11.5. The standard InChI is InChI=1S/C12H16N4O2S/c1-8-4-5-10(6-11(8)13)15-19(17,18)12-7-16(3)9(2)14-12/h4-7,15H,13H2,1-3H3. The molecule has 102 valence electrons. The lowest BCUT2D eigenvalue weighted by atomic mass is 10.2. The Kier molecular flexibility index (Phi) is 3.23. The highest BCUT2D eigenvalue weighted by Crippen LogP contribution is 2.20. The van der Waals surface area contributed by atoms with Crippen LogP contribution in [0.3, 0.4) is 0 Å². The van der Waals surface area contributed by atoms with Gasteiger partial charge in [0.25, 0.3) is 10.0 Å². The van der Waals surface area contributed by atoms with Gasteiger partial charge in [0.1, 0.15) is 5.82 Å². The molecule has 1 aromatic carbocycles. The number of nitrogens with zero attached hydrogens (tertiary/aromatic N) is 2. The Labute approximate surface area is 112 Å². The summed E-state index contributed by atoms with van der Waals surface area (Å²) in [6, 6.07) is 5.01. The Morgan fingerprint density at radius 2 is 2.00 bits per heavy atom. The van der Waals surface area contributed by atoms with Crippen LogP contribution in [0.15, 0.2) is 29.4 Å². The maximum absolute atomic E-state index is 12.1. The maximum Gasteiger partial charge on any atom is 0.280 e. The van der Waals surface area contributed by atoms with Gasteiger partial charge in [0.2, 0.25) is 0 Å². The number of anilines is 2. The van der Waals surface area contributed by atoms with Gasteiger partial charge in [-0.2, -0.15) is 8.42 Å². The van der Waals surface area contributed by atoms with E-state index in [1.807, 2.05) is 6.92 Å². The average Bonchev–Trinajstić information content (AvgIpc) is 2.65. The van der Waals surface area contributed by atoms with Crippen molar-refractivity contribution in [2.75, 3.05) is 10.5 Å². The Morgan fingerprint density at radius 1 is 1.32 bits per heavy atom. The van der Waals surface area contributed by atoms with Gasteiger partial charge in [-0.15, -0.1) is 0 Å². The van der Waals surface area contributed by atoms with Crippen LogP contribution in [0, 0.1) is 13.8 Å². The topological polar surface area (TPSA) is 90.0 Å². The van der Waals surface area contributed by atoms with E-state index in [-0.39, 0.29) is 5.03 Å². The number of benzene rings is 1. The molecule has 0 amide bonds. The van der Waals surface area contributed by atoms with Crippen LogP contribution in [-0.2, 0) is 17.1 Å². The molecule has 6 nitrogen and oxygen atoms in total. The molecule has 2 aromatic rings. The fourth-order valence-electron chi connectivity index (χ4n) is 1.57. The predicted octanol–water partition coefficient (Wildman–Crippen LogP) is 1.42. The lowest BCUT2D eigenvalue weighted by Crippen LogP contribution is -2.13. The summed E-state index contributed by atoms with van der Waals surface area (Å²) >= 11 is 0. The number of nitrogens with two attached hydrogens (primary N) is 1. The molecule has 0 saturated carbocycles. The van der Waals surface area contributed by atoms with E-state index in [0.717, 1.165) is 5.56 Å². The van der Waals surface area contributed by atoms with Crippen LogP contribution >= 0.6 is 0 Å². The fourth-order valence-corrected chi connectivity index (χ4v) is 2.66. The van der Waals surface area contributed by atoms with Crippen molar-refractivity contribution in [1.82, 2.24) is 9.55 Å². The lowest BCUT2D eigenvalue weighted by molar-refractivity contribution is 0.598. The first-order chi connectivity index (χ1) is 8.79. The van der Waals surface area contributed by atoms with Crippen LogP contribution in [0.1, 0.15) is 11.4 Å². The van der Waals surface area contributed by atoms with E-state index >= 15 is 0 Å². The molecule has 3 N–H and O–H groups in total. The molecule has 0 atom stereocenters. The monoisotopic (exact) mass is 280 g/mol. The van der Waals surface area contributed by atoms with Crippen molar-refractivity contribution >= 4 is 21.4 Å². The van der Waals surface area contributed by atoms with Gasteiger partial charge in [-0.25, -0.2) is 4.98 Å². The minimum atomic E-state index is -3.68. The second-order valence-electron chi connectivity index (χ2n) is 4.41. The van der Waals surface area contributed by atoms with Crippen molar-refractivity contribution in [3.63, 3.8) is 0 Å². The van der Waals surface area contributed by atoms with Crippen LogP contribution in [-0.4, -0.2) is 18.0 Å². The molecule has 0 aliphatic rings. The summed E-state index contributed by atoms with van der Waals surface area (Å²) in [5.41, 5.74) is 7.61. The Hall–Kier alpha value is -2.02. The van der Waals surface area contributed by atoms with Gasteiger partial charge in [-0.1, -0.05) is 6.07 Å². The van der Waals surface area contributed by atoms with Crippen molar-refractivity contribution < 1.29 is 8.42 Å². The zero-order valence-corrected chi connectivity index (χ0v) is 11.8. The van der Waals surface area contributed by atoms with Crippen molar-refractivity contribution in [3.05, 3.63) is 35.8 Å². The number of hydrogen-bond donors (Lipinski definition) is 2. The predicted molar refractivity (Wildman–Crippen MR) is 74.3 cm³/mol. The molecular formula is C12H16N4O2S. The van der Waals surface area contributed by atoms with E-state index in [1.165, 1.54) is 6.20 Å². The SMILES string of the molecule is Cc1ccc(NS(=O)(=O)c2cn(C)c(C)n2)cc1N. The summed E-state index contributed by atoms with van der Waals surface area (Å²) in [5.74, 6) is 0.629. The molecule has 0 unspecified atom stereocenters. The van der Waals surface area contributed by atoms with E-state index in [4.69, 9.17) is 5.73 Å². The highest BCUT2D eigenvalue weighted by molar-refractivity contribution is 7.92. The maximum atomic E-state index is 12.1. The molecule has 0 radical (unpaired) electrons. The van der Waals surface area contributed by atoms with Crippen molar-refractivity contribution in [2.45, 2.75) is 18.9 Å². The second-order valence-corrected chi connectivity index (χ2v) is 6.04. The van der Waals surface area contributed by atoms with Gasteiger partial charge in [0, 0.05) is 18.9 Å². The third-order valence-electron chi connectivity index (χ3n) is 2.89. The third kappa shape index (κ3) is 2.70. The van der Waals surface area contributed by atoms with Gasteiger partial charge >= 0.3 is 0 Å². The van der Waals surface area contributed by atoms with Crippen LogP contribution in [0.5, 0.6) is 0 Å². The Balaban J connectivity index is 2.33.